The lowest BCUT2D eigenvalue weighted by molar-refractivity contribution is -0.137. The van der Waals surface area contributed by atoms with Crippen molar-refractivity contribution in [2.75, 3.05) is 21.1 Å². The molecule has 1 amide bonds. The van der Waals surface area contributed by atoms with Crippen LogP contribution in [0.2, 0.25) is 0 Å². The van der Waals surface area contributed by atoms with E-state index in [1.165, 1.54) is 0 Å². The first-order chi connectivity index (χ1) is 5.50. The molecule has 0 aliphatic rings. The Labute approximate surface area is 74.6 Å². The SMILES string of the molecule is C=C(CCC)C(=O)N(C)N(C)C. The highest BCUT2D eigenvalue weighted by atomic mass is 16.2. The van der Waals surface area contributed by atoms with Crippen molar-refractivity contribution in [3.8, 4) is 0 Å². The van der Waals surface area contributed by atoms with E-state index < -0.39 is 0 Å². The van der Waals surface area contributed by atoms with Gasteiger partial charge in [-0.05, 0) is 6.42 Å². The molecule has 0 aliphatic carbocycles. The van der Waals surface area contributed by atoms with Crippen LogP contribution in [0.1, 0.15) is 19.8 Å². The van der Waals surface area contributed by atoms with E-state index in [4.69, 9.17) is 0 Å². The van der Waals surface area contributed by atoms with Gasteiger partial charge in [-0.15, -0.1) is 0 Å². The molecule has 0 aliphatic heterocycles. The summed E-state index contributed by atoms with van der Waals surface area (Å²) in [4.78, 5) is 11.5. The molecule has 0 rings (SSSR count). The van der Waals surface area contributed by atoms with Gasteiger partial charge in [0.1, 0.15) is 0 Å². The van der Waals surface area contributed by atoms with Gasteiger partial charge in [0, 0.05) is 26.7 Å². The molecule has 0 radical (unpaired) electrons. The number of amides is 1. The first-order valence-electron chi connectivity index (χ1n) is 4.13. The second kappa shape index (κ2) is 4.93. The first kappa shape index (κ1) is 11.2. The number of carbonyl (C=O) groups excluding carboxylic acids is 1. The molecule has 3 heteroatoms. The Balaban J connectivity index is 4.10. The van der Waals surface area contributed by atoms with Crippen LogP contribution in [0.15, 0.2) is 12.2 Å². The Morgan fingerprint density at radius 1 is 1.33 bits per heavy atom. The summed E-state index contributed by atoms with van der Waals surface area (Å²) >= 11 is 0. The highest BCUT2D eigenvalue weighted by molar-refractivity contribution is 5.92. The normalized spacial score (nSPS) is 10.1. The minimum absolute atomic E-state index is 0.00171. The van der Waals surface area contributed by atoms with Crippen molar-refractivity contribution < 1.29 is 4.79 Å². The average molecular weight is 170 g/mol. The summed E-state index contributed by atoms with van der Waals surface area (Å²) in [6.07, 6.45) is 1.74. The number of hydrazine groups is 1. The first-order valence-corrected chi connectivity index (χ1v) is 4.13. The van der Waals surface area contributed by atoms with E-state index in [0.29, 0.717) is 5.57 Å². The van der Waals surface area contributed by atoms with Gasteiger partial charge in [-0.1, -0.05) is 19.9 Å². The highest BCUT2D eigenvalue weighted by Crippen LogP contribution is 2.05. The zero-order valence-electron chi connectivity index (χ0n) is 8.42. The second-order valence-corrected chi connectivity index (χ2v) is 3.03. The fourth-order valence-corrected chi connectivity index (χ4v) is 0.819. The van der Waals surface area contributed by atoms with E-state index in [-0.39, 0.29) is 5.91 Å². The Bertz CT molecular complexity index is 175. The minimum atomic E-state index is 0.00171. The van der Waals surface area contributed by atoms with Crippen LogP contribution in [0.25, 0.3) is 0 Å². The smallest absolute Gasteiger partial charge is 0.263 e. The molecule has 0 saturated carbocycles. The maximum absolute atomic E-state index is 11.5. The molecule has 3 nitrogen and oxygen atoms in total. The van der Waals surface area contributed by atoms with Crippen molar-refractivity contribution in [1.29, 1.82) is 0 Å². The van der Waals surface area contributed by atoms with Crippen LogP contribution in [0.5, 0.6) is 0 Å². The van der Waals surface area contributed by atoms with Crippen molar-refractivity contribution in [3.05, 3.63) is 12.2 Å². The molecule has 0 heterocycles. The van der Waals surface area contributed by atoms with Crippen LogP contribution >= 0.6 is 0 Å². The molecule has 0 aromatic rings. The maximum Gasteiger partial charge on any atom is 0.263 e. The van der Waals surface area contributed by atoms with Crippen LogP contribution in [0.3, 0.4) is 0 Å². The molecule has 0 N–H and O–H groups in total. The summed E-state index contributed by atoms with van der Waals surface area (Å²) in [7, 11) is 5.40. The molecule has 12 heavy (non-hydrogen) atoms. The van der Waals surface area contributed by atoms with Gasteiger partial charge in [-0.25, -0.2) is 5.01 Å². The third kappa shape index (κ3) is 3.05. The maximum atomic E-state index is 11.5. The molecule has 0 fully saturated rings. The van der Waals surface area contributed by atoms with Crippen LogP contribution in [0.4, 0.5) is 0 Å². The second-order valence-electron chi connectivity index (χ2n) is 3.03. The van der Waals surface area contributed by atoms with Gasteiger partial charge in [0.05, 0.1) is 0 Å². The summed E-state index contributed by atoms with van der Waals surface area (Å²) in [6.45, 7) is 5.77. The average Bonchev–Trinajstić information content (AvgIpc) is 2.02. The van der Waals surface area contributed by atoms with Gasteiger partial charge in [-0.3, -0.25) is 9.80 Å². The number of rotatable bonds is 4. The predicted molar refractivity (Wildman–Crippen MR) is 50.5 cm³/mol. The molecule has 0 saturated heterocycles. The summed E-state index contributed by atoms with van der Waals surface area (Å²) in [5.74, 6) is 0.00171. The lowest BCUT2D eigenvalue weighted by atomic mass is 10.1. The quantitative estimate of drug-likeness (QED) is 0.468. The van der Waals surface area contributed by atoms with Crippen LogP contribution in [-0.2, 0) is 4.79 Å². The van der Waals surface area contributed by atoms with Crippen molar-refractivity contribution in [1.82, 2.24) is 10.0 Å². The number of hydrogen-bond donors (Lipinski definition) is 0. The number of hydrogen-bond acceptors (Lipinski definition) is 2. The zero-order valence-corrected chi connectivity index (χ0v) is 8.42. The minimum Gasteiger partial charge on any atom is -0.275 e. The Kier molecular flexibility index (Phi) is 4.59. The number of carbonyl (C=O) groups is 1. The van der Waals surface area contributed by atoms with Crippen LogP contribution in [0, 0.1) is 0 Å². The molecule has 0 aromatic heterocycles. The molecule has 0 aromatic carbocycles. The third-order valence-electron chi connectivity index (χ3n) is 1.75. The van der Waals surface area contributed by atoms with Gasteiger partial charge < -0.3 is 0 Å². The van der Waals surface area contributed by atoms with Gasteiger partial charge in [0.25, 0.3) is 5.91 Å². The summed E-state index contributed by atoms with van der Waals surface area (Å²) in [6, 6.07) is 0. The van der Waals surface area contributed by atoms with E-state index >= 15 is 0 Å². The van der Waals surface area contributed by atoms with E-state index in [0.717, 1.165) is 12.8 Å². The molecular weight excluding hydrogens is 152 g/mol. The Hall–Kier alpha value is -0.830. The van der Waals surface area contributed by atoms with Crippen LogP contribution < -0.4 is 0 Å². The van der Waals surface area contributed by atoms with Crippen molar-refractivity contribution in [2.45, 2.75) is 19.8 Å². The molecule has 0 unspecified atom stereocenters. The molecule has 0 spiro atoms. The highest BCUT2D eigenvalue weighted by Gasteiger charge is 2.12. The molecule has 70 valence electrons. The largest absolute Gasteiger partial charge is 0.275 e. The standard InChI is InChI=1S/C9H18N2O/c1-6-7-8(2)9(12)11(5)10(3)4/h2,6-7H2,1,3-5H3. The van der Waals surface area contributed by atoms with Crippen LogP contribution in [-0.4, -0.2) is 37.1 Å². The van der Waals surface area contributed by atoms with E-state index in [2.05, 4.69) is 6.58 Å². The predicted octanol–water partition coefficient (Wildman–Crippen LogP) is 1.28. The molecule has 0 atom stereocenters. The molecule has 0 bridgehead atoms. The Morgan fingerprint density at radius 3 is 2.17 bits per heavy atom. The topological polar surface area (TPSA) is 23.6 Å². The number of likely N-dealkylation sites (N-methyl/N-ethyl adjacent to an activating group) is 1. The van der Waals surface area contributed by atoms with Gasteiger partial charge in [-0.2, -0.15) is 0 Å². The molecular formula is C9H18N2O. The van der Waals surface area contributed by atoms with Gasteiger partial charge in [0.2, 0.25) is 0 Å². The lowest BCUT2D eigenvalue weighted by Crippen LogP contribution is -2.39. The van der Waals surface area contributed by atoms with Gasteiger partial charge >= 0.3 is 0 Å². The zero-order chi connectivity index (χ0) is 9.72. The summed E-state index contributed by atoms with van der Waals surface area (Å²) in [5, 5.41) is 3.29. The van der Waals surface area contributed by atoms with E-state index in [9.17, 15) is 4.79 Å². The lowest BCUT2D eigenvalue weighted by Gasteiger charge is -2.24. The fourth-order valence-electron chi connectivity index (χ4n) is 0.819. The Morgan fingerprint density at radius 2 is 1.83 bits per heavy atom. The van der Waals surface area contributed by atoms with Crippen molar-refractivity contribution in [3.63, 3.8) is 0 Å². The summed E-state index contributed by atoms with van der Waals surface area (Å²) in [5.41, 5.74) is 0.675. The van der Waals surface area contributed by atoms with E-state index in [1.54, 1.807) is 17.1 Å². The van der Waals surface area contributed by atoms with Gasteiger partial charge in [0.15, 0.2) is 0 Å². The summed E-state index contributed by atoms with van der Waals surface area (Å²) < 4.78 is 0. The fraction of sp³-hybridized carbons (Fsp3) is 0.667. The van der Waals surface area contributed by atoms with E-state index in [1.807, 2.05) is 21.0 Å². The van der Waals surface area contributed by atoms with Crippen molar-refractivity contribution >= 4 is 5.91 Å². The number of nitrogens with zero attached hydrogens (tertiary/aromatic N) is 2. The third-order valence-corrected chi connectivity index (χ3v) is 1.75. The van der Waals surface area contributed by atoms with Crippen molar-refractivity contribution in [2.24, 2.45) is 0 Å². The monoisotopic (exact) mass is 170 g/mol.